The fraction of sp³-hybridized carbons (Fsp3) is 0.750. The van der Waals surface area contributed by atoms with Crippen LogP contribution < -0.4 is 5.32 Å². The summed E-state index contributed by atoms with van der Waals surface area (Å²) in [6.45, 7) is 0.638. The molecule has 14 heavy (non-hydrogen) atoms. The van der Waals surface area contributed by atoms with Gasteiger partial charge in [-0.3, -0.25) is 14.5 Å². The number of thioether (sulfide) groups is 1. The lowest BCUT2D eigenvalue weighted by atomic mass is 10.2. The Morgan fingerprint density at radius 1 is 1.57 bits per heavy atom. The van der Waals surface area contributed by atoms with Crippen molar-refractivity contribution in [2.75, 3.05) is 18.8 Å². The molecule has 6 heteroatoms. The highest BCUT2D eigenvalue weighted by Crippen LogP contribution is 2.20. The maximum Gasteiger partial charge on any atom is 0.288 e. The quantitative estimate of drug-likeness (QED) is 0.728. The van der Waals surface area contributed by atoms with E-state index in [2.05, 4.69) is 5.32 Å². The molecule has 0 unspecified atom stereocenters. The summed E-state index contributed by atoms with van der Waals surface area (Å²) in [6, 6.07) is -0.0726. The fourth-order valence-electron chi connectivity index (χ4n) is 1.69. The summed E-state index contributed by atoms with van der Waals surface area (Å²) in [5.74, 6) is 0.0639. The third-order valence-corrected chi connectivity index (χ3v) is 3.27. The number of amides is 2. The third kappa shape index (κ3) is 1.90. The molecule has 0 aromatic rings. The molecule has 2 rings (SSSR count). The van der Waals surface area contributed by atoms with Crippen LogP contribution in [0.4, 0.5) is 9.18 Å². The summed E-state index contributed by atoms with van der Waals surface area (Å²) < 4.78 is 12.8. The summed E-state index contributed by atoms with van der Waals surface area (Å²) in [6.07, 6.45) is -0.456. The van der Waals surface area contributed by atoms with Crippen LogP contribution in [0.15, 0.2) is 0 Å². The first-order valence-corrected chi connectivity index (χ1v) is 5.50. The van der Waals surface area contributed by atoms with Crippen molar-refractivity contribution in [3.05, 3.63) is 0 Å². The Bertz CT molecular complexity index is 258. The van der Waals surface area contributed by atoms with Crippen LogP contribution >= 0.6 is 11.8 Å². The highest BCUT2D eigenvalue weighted by atomic mass is 32.2. The smallest absolute Gasteiger partial charge is 0.288 e. The van der Waals surface area contributed by atoms with E-state index in [9.17, 15) is 14.0 Å². The summed E-state index contributed by atoms with van der Waals surface area (Å²) >= 11 is 1.01. The van der Waals surface area contributed by atoms with Crippen molar-refractivity contribution in [1.82, 2.24) is 10.2 Å². The van der Waals surface area contributed by atoms with Gasteiger partial charge in [0.15, 0.2) is 0 Å². The fourth-order valence-corrected chi connectivity index (χ4v) is 2.42. The second-order valence-corrected chi connectivity index (χ2v) is 4.42. The Kier molecular flexibility index (Phi) is 2.73. The molecule has 2 atom stereocenters. The van der Waals surface area contributed by atoms with Gasteiger partial charge in [-0.15, -0.1) is 0 Å². The molecular formula is C8H11FN2O2S. The molecule has 0 spiro atoms. The van der Waals surface area contributed by atoms with Crippen molar-refractivity contribution in [2.45, 2.75) is 18.6 Å². The number of hydrogen-bond acceptors (Lipinski definition) is 4. The van der Waals surface area contributed by atoms with E-state index in [-0.39, 0.29) is 22.9 Å². The van der Waals surface area contributed by atoms with Crippen molar-refractivity contribution >= 4 is 22.9 Å². The molecule has 0 aromatic heterocycles. The van der Waals surface area contributed by atoms with Gasteiger partial charge in [0.05, 0.1) is 5.75 Å². The van der Waals surface area contributed by atoms with E-state index in [1.54, 1.807) is 0 Å². The van der Waals surface area contributed by atoms with Crippen LogP contribution in [-0.2, 0) is 4.79 Å². The molecule has 2 saturated heterocycles. The Morgan fingerprint density at radius 2 is 2.36 bits per heavy atom. The van der Waals surface area contributed by atoms with Crippen LogP contribution in [0.5, 0.6) is 0 Å². The molecule has 0 aliphatic carbocycles. The number of nitrogens with one attached hydrogen (secondary N) is 1. The Morgan fingerprint density at radius 3 is 2.86 bits per heavy atom. The van der Waals surface area contributed by atoms with E-state index in [4.69, 9.17) is 0 Å². The second-order valence-electron chi connectivity index (χ2n) is 3.50. The topological polar surface area (TPSA) is 49.4 Å². The highest BCUT2D eigenvalue weighted by Gasteiger charge is 2.34. The number of halogens is 1. The van der Waals surface area contributed by atoms with Crippen LogP contribution in [-0.4, -0.2) is 47.1 Å². The second kappa shape index (κ2) is 3.86. The SMILES string of the molecule is O=C1CSC(=O)N1C[C@@H]1C[C@@H](F)CN1. The van der Waals surface area contributed by atoms with E-state index < -0.39 is 6.17 Å². The lowest BCUT2D eigenvalue weighted by Gasteiger charge is -2.17. The van der Waals surface area contributed by atoms with Gasteiger partial charge in [-0.05, 0) is 6.42 Å². The van der Waals surface area contributed by atoms with Gasteiger partial charge in [-0.25, -0.2) is 4.39 Å². The van der Waals surface area contributed by atoms with Crippen molar-refractivity contribution in [3.63, 3.8) is 0 Å². The Balaban J connectivity index is 1.90. The van der Waals surface area contributed by atoms with Gasteiger partial charge in [0.1, 0.15) is 6.17 Å². The Labute approximate surface area is 85.2 Å². The van der Waals surface area contributed by atoms with Gasteiger partial charge in [0.25, 0.3) is 5.24 Å². The average molecular weight is 218 g/mol. The zero-order valence-corrected chi connectivity index (χ0v) is 8.35. The number of carbonyl (C=O) groups excluding carboxylic acids is 2. The number of hydrogen-bond donors (Lipinski definition) is 1. The summed E-state index contributed by atoms with van der Waals surface area (Å²) in [4.78, 5) is 23.6. The molecule has 0 aromatic carbocycles. The molecule has 4 nitrogen and oxygen atoms in total. The summed E-state index contributed by atoms with van der Waals surface area (Å²) in [5, 5.41) is 2.73. The van der Waals surface area contributed by atoms with Crippen LogP contribution in [0.25, 0.3) is 0 Å². The monoisotopic (exact) mass is 218 g/mol. The van der Waals surface area contributed by atoms with Crippen molar-refractivity contribution < 1.29 is 14.0 Å². The first-order chi connectivity index (χ1) is 6.66. The largest absolute Gasteiger partial charge is 0.309 e. The predicted molar refractivity (Wildman–Crippen MR) is 50.9 cm³/mol. The van der Waals surface area contributed by atoms with Crippen LogP contribution in [0.2, 0.25) is 0 Å². The first-order valence-electron chi connectivity index (χ1n) is 4.51. The van der Waals surface area contributed by atoms with E-state index in [1.165, 1.54) is 4.90 Å². The molecule has 2 fully saturated rings. The molecule has 1 N–H and O–H groups in total. The van der Waals surface area contributed by atoms with Crippen molar-refractivity contribution in [2.24, 2.45) is 0 Å². The number of nitrogens with zero attached hydrogens (tertiary/aromatic N) is 1. The van der Waals surface area contributed by atoms with Crippen molar-refractivity contribution in [1.29, 1.82) is 0 Å². The molecule has 2 aliphatic rings. The number of imide groups is 1. The average Bonchev–Trinajstić information content (AvgIpc) is 2.67. The lowest BCUT2D eigenvalue weighted by Crippen LogP contribution is -2.40. The van der Waals surface area contributed by atoms with Gasteiger partial charge in [-0.1, -0.05) is 11.8 Å². The molecule has 2 amide bonds. The minimum atomic E-state index is -0.847. The first kappa shape index (κ1) is 9.92. The predicted octanol–water partition coefficient (Wildman–Crippen LogP) is 0.382. The van der Waals surface area contributed by atoms with Crippen LogP contribution in [0.3, 0.4) is 0 Å². The molecule has 0 bridgehead atoms. The highest BCUT2D eigenvalue weighted by molar-refractivity contribution is 8.14. The zero-order valence-electron chi connectivity index (χ0n) is 7.53. The number of rotatable bonds is 2. The summed E-state index contributed by atoms with van der Waals surface area (Å²) in [7, 11) is 0. The maximum absolute atomic E-state index is 12.8. The third-order valence-electron chi connectivity index (χ3n) is 2.41. The van der Waals surface area contributed by atoms with Gasteiger partial charge >= 0.3 is 0 Å². The molecule has 2 heterocycles. The van der Waals surface area contributed by atoms with E-state index in [0.29, 0.717) is 19.5 Å². The van der Waals surface area contributed by atoms with Crippen molar-refractivity contribution in [3.8, 4) is 0 Å². The van der Waals surface area contributed by atoms with Crippen LogP contribution in [0, 0.1) is 0 Å². The van der Waals surface area contributed by atoms with E-state index in [1.807, 2.05) is 0 Å². The normalized spacial score (nSPS) is 33.1. The minimum Gasteiger partial charge on any atom is -0.309 e. The molecule has 0 radical (unpaired) electrons. The molecular weight excluding hydrogens is 207 g/mol. The number of alkyl halides is 1. The Hall–Kier alpha value is -0.620. The van der Waals surface area contributed by atoms with E-state index >= 15 is 0 Å². The van der Waals surface area contributed by atoms with Gasteiger partial charge in [-0.2, -0.15) is 0 Å². The maximum atomic E-state index is 12.8. The number of carbonyl (C=O) groups is 2. The van der Waals surface area contributed by atoms with Gasteiger partial charge < -0.3 is 5.32 Å². The van der Waals surface area contributed by atoms with E-state index in [0.717, 1.165) is 11.8 Å². The zero-order chi connectivity index (χ0) is 10.1. The van der Waals surface area contributed by atoms with Gasteiger partial charge in [0, 0.05) is 19.1 Å². The molecule has 0 saturated carbocycles. The molecule has 2 aliphatic heterocycles. The van der Waals surface area contributed by atoms with Crippen LogP contribution in [0.1, 0.15) is 6.42 Å². The standard InChI is InChI=1S/C8H11FN2O2S/c9-5-1-6(10-2-5)3-11-7(12)4-14-8(11)13/h5-6,10H,1-4H2/t5-,6+/m1/s1. The van der Waals surface area contributed by atoms with Gasteiger partial charge in [0.2, 0.25) is 5.91 Å². The minimum absolute atomic E-state index is 0.0726. The lowest BCUT2D eigenvalue weighted by molar-refractivity contribution is -0.124. The summed E-state index contributed by atoms with van der Waals surface area (Å²) in [5.41, 5.74) is 0. The molecule has 78 valence electrons.